The van der Waals surface area contributed by atoms with Crippen molar-refractivity contribution in [1.82, 2.24) is 0 Å². The molecule has 23 heavy (non-hydrogen) atoms. The highest BCUT2D eigenvalue weighted by Gasteiger charge is 2.57. The first-order valence-corrected chi connectivity index (χ1v) is 8.85. The molecule has 2 nitrogen and oxygen atoms in total. The van der Waals surface area contributed by atoms with Gasteiger partial charge < -0.3 is 5.11 Å². The maximum Gasteiger partial charge on any atom is 0.173 e. The number of aliphatic hydroxyl groups excluding tert-OH is 1. The van der Waals surface area contributed by atoms with E-state index in [1.54, 1.807) is 23.9 Å². The van der Waals surface area contributed by atoms with Gasteiger partial charge in [0.05, 0.1) is 11.5 Å². The SMILES string of the molecule is O=C1c2ccccc2CC[C@]12[C@@H](c1ccc(F)cc1)SC[C@@H]2O. The molecule has 1 fully saturated rings. The van der Waals surface area contributed by atoms with Crippen LogP contribution in [0.2, 0.25) is 0 Å². The van der Waals surface area contributed by atoms with Gasteiger partial charge in [-0.1, -0.05) is 36.4 Å². The maximum absolute atomic E-state index is 13.3. The largest absolute Gasteiger partial charge is 0.391 e. The van der Waals surface area contributed by atoms with Crippen molar-refractivity contribution in [2.24, 2.45) is 5.41 Å². The molecule has 2 aromatic carbocycles. The molecule has 0 radical (unpaired) electrons. The number of rotatable bonds is 1. The van der Waals surface area contributed by atoms with Crippen molar-refractivity contribution in [1.29, 1.82) is 0 Å². The van der Waals surface area contributed by atoms with Gasteiger partial charge in [0.2, 0.25) is 0 Å². The van der Waals surface area contributed by atoms with Crippen LogP contribution in [0.1, 0.15) is 33.2 Å². The highest BCUT2D eigenvalue weighted by molar-refractivity contribution is 7.99. The van der Waals surface area contributed by atoms with Gasteiger partial charge in [0.15, 0.2) is 5.78 Å². The summed E-state index contributed by atoms with van der Waals surface area (Å²) in [5.41, 5.74) is 1.91. The minimum Gasteiger partial charge on any atom is -0.391 e. The third-order valence-electron chi connectivity index (χ3n) is 5.15. The second kappa shape index (κ2) is 5.46. The number of halogens is 1. The number of hydrogen-bond acceptors (Lipinski definition) is 3. The summed E-state index contributed by atoms with van der Waals surface area (Å²) in [6.07, 6.45) is 0.763. The molecule has 2 aliphatic rings. The van der Waals surface area contributed by atoms with E-state index < -0.39 is 11.5 Å². The minimum atomic E-state index is -0.795. The number of aryl methyl sites for hydroxylation is 1. The molecule has 1 aliphatic heterocycles. The Morgan fingerprint density at radius 3 is 2.65 bits per heavy atom. The van der Waals surface area contributed by atoms with Crippen LogP contribution >= 0.6 is 11.8 Å². The first-order valence-electron chi connectivity index (χ1n) is 7.81. The van der Waals surface area contributed by atoms with E-state index in [2.05, 4.69) is 0 Å². The summed E-state index contributed by atoms with van der Waals surface area (Å²) in [5.74, 6) is 0.286. The Balaban J connectivity index is 1.81. The van der Waals surface area contributed by atoms with E-state index in [0.29, 0.717) is 12.2 Å². The first-order chi connectivity index (χ1) is 11.1. The average Bonchev–Trinajstić information content (AvgIpc) is 2.90. The van der Waals surface area contributed by atoms with Crippen LogP contribution in [0.15, 0.2) is 48.5 Å². The molecule has 1 saturated heterocycles. The molecular weight excluding hydrogens is 311 g/mol. The normalized spacial score (nSPS) is 29.7. The molecule has 1 heterocycles. The van der Waals surface area contributed by atoms with Crippen LogP contribution < -0.4 is 0 Å². The Morgan fingerprint density at radius 2 is 1.87 bits per heavy atom. The molecule has 1 N–H and O–H groups in total. The predicted molar refractivity (Wildman–Crippen MR) is 89.1 cm³/mol. The molecule has 1 aliphatic carbocycles. The predicted octanol–water partition coefficient (Wildman–Crippen LogP) is 3.79. The Kier molecular flexibility index (Phi) is 3.54. The van der Waals surface area contributed by atoms with E-state index in [9.17, 15) is 14.3 Å². The fourth-order valence-electron chi connectivity index (χ4n) is 3.92. The van der Waals surface area contributed by atoms with Crippen molar-refractivity contribution in [2.45, 2.75) is 24.2 Å². The van der Waals surface area contributed by atoms with Gasteiger partial charge in [-0.3, -0.25) is 4.79 Å². The number of Topliss-reactive ketones (excluding diaryl/α,β-unsaturated/α-hetero) is 1. The summed E-state index contributed by atoms with van der Waals surface area (Å²) in [7, 11) is 0. The van der Waals surface area contributed by atoms with Gasteiger partial charge in [-0.2, -0.15) is 0 Å². The number of fused-ring (bicyclic) bond motifs is 1. The summed E-state index contributed by atoms with van der Waals surface area (Å²) in [6.45, 7) is 0. The highest BCUT2D eigenvalue weighted by Crippen LogP contribution is 2.58. The van der Waals surface area contributed by atoms with Crippen molar-refractivity contribution in [3.63, 3.8) is 0 Å². The molecule has 1 spiro atoms. The number of benzene rings is 2. The van der Waals surface area contributed by atoms with Crippen molar-refractivity contribution in [3.8, 4) is 0 Å². The van der Waals surface area contributed by atoms with Crippen molar-refractivity contribution in [2.75, 3.05) is 5.75 Å². The second-order valence-corrected chi connectivity index (χ2v) is 7.45. The summed E-state index contributed by atoms with van der Waals surface area (Å²) < 4.78 is 13.2. The quantitative estimate of drug-likeness (QED) is 0.865. The van der Waals surface area contributed by atoms with Crippen LogP contribution in [0.3, 0.4) is 0 Å². The van der Waals surface area contributed by atoms with Crippen LogP contribution in [0.25, 0.3) is 0 Å². The Bertz CT molecular complexity index is 758. The summed E-state index contributed by atoms with van der Waals surface area (Å²) in [5, 5.41) is 10.5. The third-order valence-corrected chi connectivity index (χ3v) is 6.68. The maximum atomic E-state index is 13.3. The lowest BCUT2D eigenvalue weighted by atomic mass is 9.64. The molecule has 0 amide bonds. The van der Waals surface area contributed by atoms with Crippen LogP contribution in [-0.2, 0) is 6.42 Å². The van der Waals surface area contributed by atoms with Crippen LogP contribution in [0.4, 0.5) is 4.39 Å². The van der Waals surface area contributed by atoms with E-state index in [1.165, 1.54) is 12.1 Å². The van der Waals surface area contributed by atoms with E-state index in [1.807, 2.05) is 24.3 Å². The van der Waals surface area contributed by atoms with Gasteiger partial charge in [0, 0.05) is 16.6 Å². The molecule has 0 saturated carbocycles. The Morgan fingerprint density at radius 1 is 1.13 bits per heavy atom. The van der Waals surface area contributed by atoms with Crippen LogP contribution in [-0.4, -0.2) is 22.7 Å². The number of carbonyl (C=O) groups excluding carboxylic acids is 1. The Labute approximate surface area is 138 Å². The third kappa shape index (κ3) is 2.16. The molecule has 0 unspecified atom stereocenters. The number of hydrogen-bond donors (Lipinski definition) is 1. The zero-order valence-electron chi connectivity index (χ0n) is 12.5. The van der Waals surface area contributed by atoms with E-state index >= 15 is 0 Å². The Hall–Kier alpha value is -1.65. The van der Waals surface area contributed by atoms with E-state index in [4.69, 9.17) is 0 Å². The van der Waals surface area contributed by atoms with Gasteiger partial charge in [0.25, 0.3) is 0 Å². The van der Waals surface area contributed by atoms with Crippen molar-refractivity contribution in [3.05, 3.63) is 71.0 Å². The monoisotopic (exact) mass is 328 g/mol. The van der Waals surface area contributed by atoms with Gasteiger partial charge in [-0.25, -0.2) is 4.39 Å². The van der Waals surface area contributed by atoms with Gasteiger partial charge in [-0.15, -0.1) is 11.8 Å². The van der Waals surface area contributed by atoms with Crippen LogP contribution in [0, 0.1) is 11.2 Å². The van der Waals surface area contributed by atoms with E-state index in [0.717, 1.165) is 23.1 Å². The average molecular weight is 328 g/mol. The molecule has 3 atom stereocenters. The summed E-state index contributed by atoms with van der Waals surface area (Å²) >= 11 is 1.60. The summed E-state index contributed by atoms with van der Waals surface area (Å²) in [6, 6.07) is 14.0. The molecule has 2 aromatic rings. The zero-order valence-corrected chi connectivity index (χ0v) is 13.4. The zero-order chi connectivity index (χ0) is 16.0. The topological polar surface area (TPSA) is 37.3 Å². The van der Waals surface area contributed by atoms with Gasteiger partial charge >= 0.3 is 0 Å². The molecule has 0 bridgehead atoms. The fourth-order valence-corrected chi connectivity index (χ4v) is 5.63. The summed E-state index contributed by atoms with van der Waals surface area (Å²) in [4.78, 5) is 13.3. The van der Waals surface area contributed by atoms with Crippen molar-refractivity contribution >= 4 is 17.5 Å². The van der Waals surface area contributed by atoms with Gasteiger partial charge in [-0.05, 0) is 36.1 Å². The molecule has 4 rings (SSSR count). The first kappa shape index (κ1) is 14.9. The van der Waals surface area contributed by atoms with Crippen LogP contribution in [0.5, 0.6) is 0 Å². The molecule has 4 heteroatoms. The molecule has 0 aromatic heterocycles. The number of carbonyl (C=O) groups is 1. The number of aliphatic hydroxyl groups is 1. The lowest BCUT2D eigenvalue weighted by Gasteiger charge is -2.39. The molecule has 118 valence electrons. The smallest absolute Gasteiger partial charge is 0.173 e. The fraction of sp³-hybridized carbons (Fsp3) is 0.316. The number of ketones is 1. The minimum absolute atomic E-state index is 0.0335. The van der Waals surface area contributed by atoms with E-state index in [-0.39, 0.29) is 16.9 Å². The molecular formula is C19H17FO2S. The van der Waals surface area contributed by atoms with Crippen molar-refractivity contribution < 1.29 is 14.3 Å². The standard InChI is InChI=1S/C19H17FO2S/c20-14-7-5-13(6-8-14)18-19(16(21)11-23-18)10-9-12-3-1-2-4-15(12)17(19)22/h1-8,16,18,21H,9-11H2/t16-,18+,19+/m0/s1. The number of thioether (sulfide) groups is 1. The van der Waals surface area contributed by atoms with Gasteiger partial charge in [0.1, 0.15) is 5.82 Å². The lowest BCUT2D eigenvalue weighted by Crippen LogP contribution is -2.46. The second-order valence-electron chi connectivity index (χ2n) is 6.31. The highest BCUT2D eigenvalue weighted by atomic mass is 32.2. The lowest BCUT2D eigenvalue weighted by molar-refractivity contribution is 0.0325.